The Bertz CT molecular complexity index is 1280. The van der Waals surface area contributed by atoms with E-state index < -0.39 is 38.7 Å². The Morgan fingerprint density at radius 1 is 1.03 bits per heavy atom. The van der Waals surface area contributed by atoms with Crippen LogP contribution in [0.15, 0.2) is 36.4 Å². The van der Waals surface area contributed by atoms with Gasteiger partial charge >= 0.3 is 6.18 Å². The van der Waals surface area contributed by atoms with E-state index in [1.54, 1.807) is 0 Å². The van der Waals surface area contributed by atoms with Crippen molar-refractivity contribution >= 4 is 15.9 Å². The van der Waals surface area contributed by atoms with Gasteiger partial charge in [-0.2, -0.15) is 13.2 Å². The molecule has 1 amide bonds. The molecule has 0 bridgehead atoms. The molecule has 1 aliphatic heterocycles. The average molecular weight is 541 g/mol. The minimum absolute atomic E-state index is 0.184. The van der Waals surface area contributed by atoms with Gasteiger partial charge in [0.2, 0.25) is 10.0 Å². The summed E-state index contributed by atoms with van der Waals surface area (Å²) in [6.07, 6.45) is -0.593. The van der Waals surface area contributed by atoms with Crippen LogP contribution in [0, 0.1) is 5.82 Å². The highest BCUT2D eigenvalue weighted by molar-refractivity contribution is 7.91. The van der Waals surface area contributed by atoms with E-state index in [0.29, 0.717) is 45.3 Å². The van der Waals surface area contributed by atoms with E-state index in [1.165, 1.54) is 24.3 Å². The van der Waals surface area contributed by atoms with Crippen LogP contribution in [0.2, 0.25) is 0 Å². The SMILES string of the molecule is O=C(NS(=O)(=O)C1CC1)c1cc(C2CC2)c(CN2CCC(Oc3cccc(C(F)(F)F)c3)CC2)cc1F. The van der Waals surface area contributed by atoms with Crippen LogP contribution in [0.25, 0.3) is 0 Å². The van der Waals surface area contributed by atoms with Crippen LogP contribution in [0.1, 0.15) is 71.5 Å². The van der Waals surface area contributed by atoms with Gasteiger partial charge in [-0.05, 0) is 85.9 Å². The Hall–Kier alpha value is -2.66. The Morgan fingerprint density at radius 2 is 1.73 bits per heavy atom. The van der Waals surface area contributed by atoms with Gasteiger partial charge in [-0.25, -0.2) is 17.5 Å². The third-order valence-corrected chi connectivity index (χ3v) is 8.90. The number of carbonyl (C=O) groups is 1. The molecule has 2 saturated carbocycles. The maximum atomic E-state index is 15.0. The molecule has 0 aromatic heterocycles. The molecule has 200 valence electrons. The number of hydrogen-bond acceptors (Lipinski definition) is 5. The van der Waals surface area contributed by atoms with Crippen LogP contribution >= 0.6 is 0 Å². The molecule has 0 unspecified atom stereocenters. The summed E-state index contributed by atoms with van der Waals surface area (Å²) in [6, 6.07) is 7.67. The molecule has 3 fully saturated rings. The predicted octanol–water partition coefficient (Wildman–Crippen LogP) is 4.99. The lowest BCUT2D eigenvalue weighted by molar-refractivity contribution is -0.137. The molecule has 11 heteroatoms. The van der Waals surface area contributed by atoms with Crippen molar-refractivity contribution in [2.24, 2.45) is 0 Å². The number of benzene rings is 2. The normalized spacial score (nSPS) is 19.6. The van der Waals surface area contributed by atoms with Crippen molar-refractivity contribution < 1.29 is 35.5 Å². The number of hydrogen-bond donors (Lipinski definition) is 1. The Morgan fingerprint density at radius 3 is 2.35 bits per heavy atom. The topological polar surface area (TPSA) is 75.7 Å². The molecule has 37 heavy (non-hydrogen) atoms. The van der Waals surface area contributed by atoms with Gasteiger partial charge in [0.25, 0.3) is 5.91 Å². The minimum atomic E-state index is -4.43. The van der Waals surface area contributed by atoms with Crippen molar-refractivity contribution in [3.05, 3.63) is 64.5 Å². The number of sulfonamides is 1. The van der Waals surface area contributed by atoms with Gasteiger partial charge in [0.05, 0.1) is 16.4 Å². The molecule has 2 aromatic rings. The molecule has 5 rings (SSSR count). The summed E-state index contributed by atoms with van der Waals surface area (Å²) in [7, 11) is -3.78. The number of ether oxygens (including phenoxy) is 1. The molecule has 0 atom stereocenters. The molecule has 2 aliphatic carbocycles. The van der Waals surface area contributed by atoms with Crippen molar-refractivity contribution in [3.63, 3.8) is 0 Å². The van der Waals surface area contributed by atoms with Crippen molar-refractivity contribution in [1.82, 2.24) is 9.62 Å². The molecular weight excluding hydrogens is 512 g/mol. The summed E-state index contributed by atoms with van der Waals surface area (Å²) in [5.74, 6) is -1.30. The van der Waals surface area contributed by atoms with Gasteiger partial charge < -0.3 is 4.74 Å². The lowest BCUT2D eigenvalue weighted by Crippen LogP contribution is -2.38. The number of nitrogens with zero attached hydrogens (tertiary/aromatic N) is 1. The predicted molar refractivity (Wildman–Crippen MR) is 128 cm³/mol. The molecule has 1 saturated heterocycles. The number of rotatable bonds is 8. The monoisotopic (exact) mass is 540 g/mol. The first-order chi connectivity index (χ1) is 17.5. The first-order valence-corrected chi connectivity index (χ1v) is 14.0. The number of carbonyl (C=O) groups excluding carboxylic acids is 1. The fourth-order valence-electron chi connectivity index (χ4n) is 4.73. The molecule has 3 aliphatic rings. The van der Waals surface area contributed by atoms with Gasteiger partial charge in [-0.3, -0.25) is 9.69 Å². The van der Waals surface area contributed by atoms with Crippen LogP contribution < -0.4 is 9.46 Å². The van der Waals surface area contributed by atoms with Crippen LogP contribution in [0.4, 0.5) is 17.6 Å². The number of nitrogens with one attached hydrogen (secondary N) is 1. The van der Waals surface area contributed by atoms with Gasteiger partial charge in [-0.1, -0.05) is 6.07 Å². The quantitative estimate of drug-likeness (QED) is 0.478. The fraction of sp³-hybridized carbons (Fsp3) is 0.500. The van der Waals surface area contributed by atoms with Crippen LogP contribution in [0.5, 0.6) is 5.75 Å². The number of piperidine rings is 1. The Kier molecular flexibility index (Phi) is 6.95. The van der Waals surface area contributed by atoms with Gasteiger partial charge in [0.1, 0.15) is 17.7 Å². The maximum Gasteiger partial charge on any atom is 0.416 e. The minimum Gasteiger partial charge on any atom is -0.490 e. The van der Waals surface area contributed by atoms with E-state index in [4.69, 9.17) is 4.74 Å². The highest BCUT2D eigenvalue weighted by atomic mass is 32.2. The summed E-state index contributed by atoms with van der Waals surface area (Å²) in [4.78, 5) is 14.7. The maximum absolute atomic E-state index is 15.0. The molecule has 0 radical (unpaired) electrons. The zero-order valence-electron chi connectivity index (χ0n) is 20.1. The third-order valence-electron chi connectivity index (χ3n) is 7.08. The van der Waals surface area contributed by atoms with Gasteiger partial charge in [0, 0.05) is 19.6 Å². The second-order valence-corrected chi connectivity index (χ2v) is 12.1. The first-order valence-electron chi connectivity index (χ1n) is 12.4. The fourth-order valence-corrected chi connectivity index (χ4v) is 6.02. The molecule has 2 aromatic carbocycles. The molecule has 0 spiro atoms. The highest BCUT2D eigenvalue weighted by Gasteiger charge is 2.38. The number of amides is 1. The van der Waals surface area contributed by atoms with E-state index in [-0.39, 0.29) is 23.3 Å². The lowest BCUT2D eigenvalue weighted by Gasteiger charge is -2.32. The van der Waals surface area contributed by atoms with Crippen molar-refractivity contribution in [1.29, 1.82) is 0 Å². The third kappa shape index (κ3) is 6.26. The van der Waals surface area contributed by atoms with Gasteiger partial charge in [0.15, 0.2) is 0 Å². The Labute approximate surface area is 213 Å². The largest absolute Gasteiger partial charge is 0.490 e. The van der Waals surface area contributed by atoms with Crippen LogP contribution in [-0.4, -0.2) is 43.7 Å². The summed E-state index contributed by atoms with van der Waals surface area (Å²) >= 11 is 0. The number of alkyl halides is 3. The highest BCUT2D eigenvalue weighted by Crippen LogP contribution is 2.43. The smallest absolute Gasteiger partial charge is 0.416 e. The zero-order valence-corrected chi connectivity index (χ0v) is 20.9. The van der Waals surface area contributed by atoms with Crippen LogP contribution in [0.3, 0.4) is 0 Å². The van der Waals surface area contributed by atoms with Crippen molar-refractivity contribution in [2.45, 2.75) is 68.5 Å². The average Bonchev–Trinajstić information content (AvgIpc) is 3.73. The van der Waals surface area contributed by atoms with E-state index in [0.717, 1.165) is 36.1 Å². The number of likely N-dealkylation sites (tertiary alicyclic amines) is 1. The summed E-state index contributed by atoms with van der Waals surface area (Å²) in [6.45, 7) is 1.70. The zero-order chi connectivity index (χ0) is 26.4. The molecule has 6 nitrogen and oxygen atoms in total. The summed E-state index contributed by atoms with van der Waals surface area (Å²) < 4.78 is 85.9. The van der Waals surface area contributed by atoms with Crippen LogP contribution in [-0.2, 0) is 22.7 Å². The first kappa shape index (κ1) is 26.0. The van der Waals surface area contributed by atoms with Crippen molar-refractivity contribution in [2.75, 3.05) is 13.1 Å². The van der Waals surface area contributed by atoms with E-state index in [2.05, 4.69) is 4.90 Å². The second kappa shape index (κ2) is 9.90. The summed E-state index contributed by atoms with van der Waals surface area (Å²) in [5, 5.41) is -0.581. The number of halogens is 4. The summed E-state index contributed by atoms with van der Waals surface area (Å²) in [5.41, 5.74) is 0.610. The second-order valence-electron chi connectivity index (χ2n) is 10.1. The standard InChI is InChI=1S/C26H28F4N2O4S/c27-24-12-17(22(16-4-5-16)14-23(24)25(33)31-37(34,35)21-6-7-21)15-32-10-8-19(9-11-32)36-20-3-1-2-18(13-20)26(28,29)30/h1-3,12-14,16,19,21H,4-11,15H2,(H,31,33). The lowest BCUT2D eigenvalue weighted by atomic mass is 9.97. The Balaban J connectivity index is 1.22. The van der Waals surface area contributed by atoms with Gasteiger partial charge in [-0.15, -0.1) is 0 Å². The van der Waals surface area contributed by atoms with E-state index >= 15 is 0 Å². The van der Waals surface area contributed by atoms with E-state index in [1.807, 2.05) is 4.72 Å². The van der Waals surface area contributed by atoms with Crippen molar-refractivity contribution in [3.8, 4) is 5.75 Å². The molecule has 1 heterocycles. The molecule has 1 N–H and O–H groups in total. The van der Waals surface area contributed by atoms with E-state index in [9.17, 15) is 30.8 Å². The molecular formula is C26H28F4N2O4S.